The van der Waals surface area contributed by atoms with Crippen LogP contribution >= 0.6 is 0 Å². The Balaban J connectivity index is 1.55. The minimum Gasteiger partial charge on any atom is -0.481 e. The Morgan fingerprint density at radius 2 is 2.00 bits per heavy atom. The molecule has 0 aliphatic carbocycles. The van der Waals surface area contributed by atoms with Crippen molar-refractivity contribution in [3.63, 3.8) is 0 Å². The zero-order valence-corrected chi connectivity index (χ0v) is 15.2. The van der Waals surface area contributed by atoms with E-state index in [2.05, 4.69) is 21.0 Å². The third kappa shape index (κ3) is 4.17. The highest BCUT2D eigenvalue weighted by Crippen LogP contribution is 2.21. The van der Waals surface area contributed by atoms with E-state index in [1.165, 1.54) is 12.3 Å². The van der Waals surface area contributed by atoms with Crippen LogP contribution in [0.1, 0.15) is 28.5 Å². The second kappa shape index (κ2) is 7.77. The van der Waals surface area contributed by atoms with Crippen LogP contribution in [-0.4, -0.2) is 28.1 Å². The van der Waals surface area contributed by atoms with Gasteiger partial charge in [-0.3, -0.25) is 25.5 Å². The van der Waals surface area contributed by atoms with Crippen LogP contribution in [0.2, 0.25) is 0 Å². The Bertz CT molecular complexity index is 947. The van der Waals surface area contributed by atoms with Gasteiger partial charge in [0.25, 0.3) is 11.8 Å². The number of benzene rings is 1. The number of hydrogen-bond acceptors (Lipinski definition) is 5. The number of carbonyl (C=O) groups is 2. The maximum absolute atomic E-state index is 12.2. The van der Waals surface area contributed by atoms with Gasteiger partial charge in [-0.05, 0) is 50.1 Å². The smallest absolute Gasteiger partial charge is 0.290 e. The number of hydrazine groups is 1. The van der Waals surface area contributed by atoms with E-state index in [9.17, 15) is 9.59 Å². The summed E-state index contributed by atoms with van der Waals surface area (Å²) in [6.07, 6.45) is 0.733. The lowest BCUT2D eigenvalue weighted by molar-refractivity contribution is -0.128. The first kappa shape index (κ1) is 18.2. The summed E-state index contributed by atoms with van der Waals surface area (Å²) in [6.45, 7) is 5.49. The molecule has 27 heavy (non-hydrogen) atoms. The predicted molar refractivity (Wildman–Crippen MR) is 97.9 cm³/mol. The Kier molecular flexibility index (Phi) is 5.25. The number of hydrogen-bond donors (Lipinski definition) is 3. The summed E-state index contributed by atoms with van der Waals surface area (Å²) in [6, 6.07) is 10.6. The van der Waals surface area contributed by atoms with E-state index < -0.39 is 17.9 Å². The van der Waals surface area contributed by atoms with E-state index >= 15 is 0 Å². The molecule has 3 aromatic rings. The molecule has 0 radical (unpaired) electrons. The summed E-state index contributed by atoms with van der Waals surface area (Å²) in [4.78, 5) is 24.3. The van der Waals surface area contributed by atoms with Gasteiger partial charge in [-0.1, -0.05) is 12.1 Å². The first-order valence-electron chi connectivity index (χ1n) is 8.38. The highest BCUT2D eigenvalue weighted by atomic mass is 16.5. The molecule has 3 rings (SSSR count). The fourth-order valence-electron chi connectivity index (χ4n) is 2.38. The van der Waals surface area contributed by atoms with Crippen LogP contribution in [0.3, 0.4) is 0 Å². The van der Waals surface area contributed by atoms with Crippen LogP contribution in [0.25, 0.3) is 11.5 Å². The molecule has 8 nitrogen and oxygen atoms in total. The number of furan rings is 1. The maximum atomic E-state index is 12.2. The Morgan fingerprint density at radius 1 is 1.19 bits per heavy atom. The summed E-state index contributed by atoms with van der Waals surface area (Å²) in [5.74, 6) is 0.142. The zero-order chi connectivity index (χ0) is 19.4. The van der Waals surface area contributed by atoms with Crippen molar-refractivity contribution in [2.75, 3.05) is 0 Å². The summed E-state index contributed by atoms with van der Waals surface area (Å²) in [5, 5.41) is 6.61. The number of nitrogens with one attached hydrogen (secondary N) is 3. The normalized spacial score (nSPS) is 11.7. The van der Waals surface area contributed by atoms with Gasteiger partial charge in [0.1, 0.15) is 11.4 Å². The second-order valence-electron chi connectivity index (χ2n) is 6.05. The van der Waals surface area contributed by atoms with Crippen molar-refractivity contribution in [3.05, 3.63) is 59.5 Å². The molecule has 1 atom stereocenters. The van der Waals surface area contributed by atoms with Crippen LogP contribution in [-0.2, 0) is 4.79 Å². The van der Waals surface area contributed by atoms with Crippen LogP contribution in [0.4, 0.5) is 0 Å². The van der Waals surface area contributed by atoms with Gasteiger partial charge in [-0.15, -0.1) is 0 Å². The molecule has 1 unspecified atom stereocenters. The van der Waals surface area contributed by atoms with Crippen molar-refractivity contribution in [1.82, 2.24) is 21.0 Å². The fourth-order valence-corrected chi connectivity index (χ4v) is 2.38. The number of nitrogens with zero attached hydrogens (tertiary/aromatic N) is 1. The summed E-state index contributed by atoms with van der Waals surface area (Å²) >= 11 is 0. The molecular formula is C19H20N4O4. The van der Waals surface area contributed by atoms with Crippen LogP contribution < -0.4 is 15.6 Å². The minimum absolute atomic E-state index is 0.116. The van der Waals surface area contributed by atoms with E-state index in [0.717, 1.165) is 11.1 Å². The molecule has 0 saturated heterocycles. The maximum Gasteiger partial charge on any atom is 0.290 e. The van der Waals surface area contributed by atoms with Gasteiger partial charge in [0.15, 0.2) is 17.6 Å². The molecule has 8 heteroatoms. The third-order valence-corrected chi connectivity index (χ3v) is 4.12. The number of H-pyrrole nitrogens is 1. The molecular weight excluding hydrogens is 348 g/mol. The molecule has 2 amide bonds. The summed E-state index contributed by atoms with van der Waals surface area (Å²) in [5.41, 5.74) is 7.36. The summed E-state index contributed by atoms with van der Waals surface area (Å²) in [7, 11) is 0. The molecule has 2 heterocycles. The number of amides is 2. The number of ether oxygens (including phenoxy) is 1. The van der Waals surface area contributed by atoms with Crippen LogP contribution in [0.5, 0.6) is 5.75 Å². The number of aromatic amines is 1. The highest BCUT2D eigenvalue weighted by molar-refractivity contribution is 5.94. The van der Waals surface area contributed by atoms with Crippen molar-refractivity contribution in [1.29, 1.82) is 0 Å². The van der Waals surface area contributed by atoms with E-state index in [1.807, 2.05) is 26.0 Å². The molecule has 3 N–H and O–H groups in total. The number of aryl methyl sites for hydroxylation is 1. The lowest BCUT2D eigenvalue weighted by Gasteiger charge is -2.17. The van der Waals surface area contributed by atoms with E-state index in [-0.39, 0.29) is 5.69 Å². The third-order valence-electron chi connectivity index (χ3n) is 4.12. The second-order valence-corrected chi connectivity index (χ2v) is 6.05. The van der Waals surface area contributed by atoms with E-state index in [0.29, 0.717) is 17.2 Å². The molecule has 0 aliphatic heterocycles. The largest absolute Gasteiger partial charge is 0.481 e. The van der Waals surface area contributed by atoms with Gasteiger partial charge in [0.05, 0.1) is 6.26 Å². The molecule has 2 aromatic heterocycles. The zero-order valence-electron chi connectivity index (χ0n) is 15.2. The van der Waals surface area contributed by atoms with Gasteiger partial charge < -0.3 is 9.15 Å². The van der Waals surface area contributed by atoms with Crippen molar-refractivity contribution in [3.8, 4) is 17.2 Å². The van der Waals surface area contributed by atoms with Gasteiger partial charge in [-0.25, -0.2) is 0 Å². The lowest BCUT2D eigenvalue weighted by atomic mass is 10.1. The first-order valence-corrected chi connectivity index (χ1v) is 8.38. The Labute approximate surface area is 155 Å². The van der Waals surface area contributed by atoms with Gasteiger partial charge in [-0.2, -0.15) is 5.10 Å². The average molecular weight is 368 g/mol. The minimum atomic E-state index is -0.788. The van der Waals surface area contributed by atoms with Crippen molar-refractivity contribution in [2.24, 2.45) is 0 Å². The standard InChI is InChI=1S/C19H20N4O4/c1-11-6-4-7-16(12(11)2)27-13(3)18(24)22-23-19(25)15-10-14(20-21-15)17-8-5-9-26-17/h4-10,13H,1-3H3,(H,20,21)(H,22,24)(H,23,25). The number of carbonyl (C=O) groups excluding carboxylic acids is 2. The molecule has 0 fully saturated rings. The van der Waals surface area contributed by atoms with E-state index in [4.69, 9.17) is 9.15 Å². The number of rotatable bonds is 5. The number of aromatic nitrogens is 2. The predicted octanol–water partition coefficient (Wildman–Crippen LogP) is 2.52. The molecule has 0 aliphatic rings. The van der Waals surface area contributed by atoms with Crippen molar-refractivity contribution in [2.45, 2.75) is 26.9 Å². The quantitative estimate of drug-likeness (QED) is 0.600. The molecule has 0 saturated carbocycles. The summed E-state index contributed by atoms with van der Waals surface area (Å²) < 4.78 is 10.9. The van der Waals surface area contributed by atoms with Gasteiger partial charge in [0, 0.05) is 6.07 Å². The molecule has 1 aromatic carbocycles. The van der Waals surface area contributed by atoms with Crippen molar-refractivity contribution < 1.29 is 18.7 Å². The van der Waals surface area contributed by atoms with Crippen LogP contribution in [0, 0.1) is 13.8 Å². The monoisotopic (exact) mass is 368 g/mol. The first-order chi connectivity index (χ1) is 13.0. The molecule has 0 spiro atoms. The molecule has 140 valence electrons. The fraction of sp³-hybridized carbons (Fsp3) is 0.211. The lowest BCUT2D eigenvalue weighted by Crippen LogP contribution is -2.47. The molecule has 0 bridgehead atoms. The van der Waals surface area contributed by atoms with Gasteiger partial charge in [0.2, 0.25) is 0 Å². The van der Waals surface area contributed by atoms with E-state index in [1.54, 1.807) is 25.1 Å². The Morgan fingerprint density at radius 3 is 2.74 bits per heavy atom. The van der Waals surface area contributed by atoms with Crippen LogP contribution in [0.15, 0.2) is 47.1 Å². The average Bonchev–Trinajstić information content (AvgIpc) is 3.34. The highest BCUT2D eigenvalue weighted by Gasteiger charge is 2.18. The Hall–Kier alpha value is -3.55. The topological polar surface area (TPSA) is 109 Å². The van der Waals surface area contributed by atoms with Gasteiger partial charge >= 0.3 is 0 Å². The SMILES string of the molecule is Cc1cccc(OC(C)C(=O)NNC(=O)c2cc(-c3ccco3)[nH]n2)c1C. The van der Waals surface area contributed by atoms with Crippen molar-refractivity contribution >= 4 is 11.8 Å².